The second kappa shape index (κ2) is 7.64. The highest BCUT2D eigenvalue weighted by molar-refractivity contribution is 5.76. The van der Waals surface area contributed by atoms with Crippen LogP contribution in [0.4, 0.5) is 13.2 Å². The van der Waals surface area contributed by atoms with Crippen LogP contribution < -0.4 is 0 Å². The number of likely N-dealkylation sites (tertiary alicyclic amines) is 2. The fourth-order valence-electron chi connectivity index (χ4n) is 3.64. The molecule has 7 heteroatoms. The van der Waals surface area contributed by atoms with Crippen molar-refractivity contribution in [3.63, 3.8) is 0 Å². The van der Waals surface area contributed by atoms with Crippen molar-refractivity contribution in [2.45, 2.75) is 57.3 Å². The number of hydrogen-bond acceptors (Lipinski definition) is 3. The second-order valence-corrected chi connectivity index (χ2v) is 6.06. The molecule has 0 spiro atoms. The van der Waals surface area contributed by atoms with Crippen molar-refractivity contribution in [1.29, 1.82) is 0 Å². The minimum absolute atomic E-state index is 0.0878. The van der Waals surface area contributed by atoms with E-state index in [0.717, 1.165) is 38.8 Å². The third kappa shape index (κ3) is 4.59. The maximum atomic E-state index is 12.1. The zero-order valence-electron chi connectivity index (χ0n) is 13.1. The Kier molecular flexibility index (Phi) is 6.09. The summed E-state index contributed by atoms with van der Waals surface area (Å²) in [6, 6.07) is 0.491. The molecule has 0 aromatic carbocycles. The molecule has 2 aliphatic rings. The standard InChI is InChI=1S/C15H25F3N2O2/c1-2-14(21)20-8-4-6-13(20)12-5-3-7-19(12)9-10-22-11-15(16,17)18/h12-13H,2-11H2,1H3/t12-,13-/m1/s1. The van der Waals surface area contributed by atoms with Gasteiger partial charge in [0.1, 0.15) is 6.61 Å². The van der Waals surface area contributed by atoms with Gasteiger partial charge in [0.25, 0.3) is 0 Å². The van der Waals surface area contributed by atoms with Crippen molar-refractivity contribution in [3.05, 3.63) is 0 Å². The number of alkyl halides is 3. The molecule has 128 valence electrons. The second-order valence-electron chi connectivity index (χ2n) is 6.06. The van der Waals surface area contributed by atoms with Crippen molar-refractivity contribution in [1.82, 2.24) is 9.80 Å². The highest BCUT2D eigenvalue weighted by atomic mass is 19.4. The van der Waals surface area contributed by atoms with Crippen LogP contribution in [0.25, 0.3) is 0 Å². The van der Waals surface area contributed by atoms with Gasteiger partial charge in [-0.15, -0.1) is 0 Å². The molecule has 2 heterocycles. The number of ether oxygens (including phenoxy) is 1. The van der Waals surface area contributed by atoms with Gasteiger partial charge in [0, 0.05) is 31.6 Å². The van der Waals surface area contributed by atoms with Gasteiger partial charge in [-0.1, -0.05) is 6.92 Å². The normalized spacial score (nSPS) is 26.8. The molecule has 1 amide bonds. The molecule has 4 nitrogen and oxygen atoms in total. The molecular formula is C15H25F3N2O2. The summed E-state index contributed by atoms with van der Waals surface area (Å²) in [6.07, 6.45) is 0.311. The maximum Gasteiger partial charge on any atom is 0.411 e. The molecule has 0 bridgehead atoms. The Morgan fingerprint density at radius 1 is 1.18 bits per heavy atom. The van der Waals surface area contributed by atoms with Crippen molar-refractivity contribution >= 4 is 5.91 Å². The van der Waals surface area contributed by atoms with E-state index in [9.17, 15) is 18.0 Å². The number of carbonyl (C=O) groups excluding carboxylic acids is 1. The van der Waals surface area contributed by atoms with Gasteiger partial charge in [-0.05, 0) is 32.2 Å². The van der Waals surface area contributed by atoms with Crippen LogP contribution in [0.1, 0.15) is 39.0 Å². The number of carbonyl (C=O) groups is 1. The Morgan fingerprint density at radius 3 is 2.55 bits per heavy atom. The molecule has 2 fully saturated rings. The zero-order valence-corrected chi connectivity index (χ0v) is 13.1. The van der Waals surface area contributed by atoms with E-state index in [1.54, 1.807) is 0 Å². The highest BCUT2D eigenvalue weighted by Crippen LogP contribution is 2.30. The van der Waals surface area contributed by atoms with Crippen LogP contribution in [0.15, 0.2) is 0 Å². The minimum atomic E-state index is -4.26. The van der Waals surface area contributed by atoms with E-state index in [4.69, 9.17) is 4.74 Å². The summed E-state index contributed by atoms with van der Waals surface area (Å²) in [7, 11) is 0. The van der Waals surface area contributed by atoms with Gasteiger partial charge >= 0.3 is 6.18 Å². The Bertz CT molecular complexity index is 376. The average Bonchev–Trinajstić information content (AvgIpc) is 3.09. The number of nitrogens with zero attached hydrogens (tertiary/aromatic N) is 2. The molecule has 0 aromatic heterocycles. The fourth-order valence-corrected chi connectivity index (χ4v) is 3.64. The first-order valence-corrected chi connectivity index (χ1v) is 8.10. The Morgan fingerprint density at radius 2 is 1.86 bits per heavy atom. The lowest BCUT2D eigenvalue weighted by atomic mass is 10.0. The Balaban J connectivity index is 1.83. The predicted octanol–water partition coefficient (Wildman–Crippen LogP) is 2.43. The Hall–Kier alpha value is -0.820. The van der Waals surface area contributed by atoms with E-state index in [2.05, 4.69) is 4.90 Å². The molecule has 0 N–H and O–H groups in total. The van der Waals surface area contributed by atoms with Gasteiger partial charge in [0.05, 0.1) is 6.61 Å². The first-order valence-electron chi connectivity index (χ1n) is 8.10. The van der Waals surface area contributed by atoms with Crippen molar-refractivity contribution in [2.24, 2.45) is 0 Å². The van der Waals surface area contributed by atoms with Gasteiger partial charge in [-0.3, -0.25) is 9.69 Å². The van der Waals surface area contributed by atoms with Crippen LogP contribution >= 0.6 is 0 Å². The fraction of sp³-hybridized carbons (Fsp3) is 0.933. The lowest BCUT2D eigenvalue weighted by Gasteiger charge is -2.35. The van der Waals surface area contributed by atoms with E-state index in [0.29, 0.717) is 13.0 Å². The van der Waals surface area contributed by atoms with E-state index in [1.807, 2.05) is 11.8 Å². The zero-order chi connectivity index (χ0) is 16.2. The van der Waals surface area contributed by atoms with Gasteiger partial charge < -0.3 is 9.64 Å². The summed E-state index contributed by atoms with van der Waals surface area (Å²) in [6.45, 7) is 2.97. The van der Waals surface area contributed by atoms with Crippen molar-refractivity contribution in [3.8, 4) is 0 Å². The van der Waals surface area contributed by atoms with Crippen LogP contribution in [-0.2, 0) is 9.53 Å². The summed E-state index contributed by atoms with van der Waals surface area (Å²) in [5.41, 5.74) is 0. The molecule has 2 rings (SSSR count). The third-order valence-electron chi connectivity index (χ3n) is 4.57. The van der Waals surface area contributed by atoms with Crippen LogP contribution in [-0.4, -0.2) is 66.8 Å². The first-order chi connectivity index (χ1) is 10.4. The van der Waals surface area contributed by atoms with Crippen molar-refractivity contribution < 1.29 is 22.7 Å². The summed E-state index contributed by atoms with van der Waals surface area (Å²) in [4.78, 5) is 16.2. The molecule has 0 unspecified atom stereocenters. The van der Waals surface area contributed by atoms with Gasteiger partial charge in [-0.25, -0.2) is 0 Å². The molecule has 2 aliphatic heterocycles. The molecule has 0 aliphatic carbocycles. The monoisotopic (exact) mass is 322 g/mol. The van der Waals surface area contributed by atoms with Gasteiger partial charge in [-0.2, -0.15) is 13.2 Å². The number of amides is 1. The van der Waals surface area contributed by atoms with Gasteiger partial charge in [0.2, 0.25) is 5.91 Å². The van der Waals surface area contributed by atoms with Crippen LogP contribution in [0, 0.1) is 0 Å². The van der Waals surface area contributed by atoms with E-state index in [1.165, 1.54) is 0 Å². The molecule has 0 saturated carbocycles. The smallest absolute Gasteiger partial charge is 0.371 e. The third-order valence-corrected chi connectivity index (χ3v) is 4.57. The predicted molar refractivity (Wildman–Crippen MR) is 76.5 cm³/mol. The summed E-state index contributed by atoms with van der Waals surface area (Å²) in [5.74, 6) is 0.183. The lowest BCUT2D eigenvalue weighted by Crippen LogP contribution is -2.48. The topological polar surface area (TPSA) is 32.8 Å². The van der Waals surface area contributed by atoms with Gasteiger partial charge in [0.15, 0.2) is 0 Å². The summed E-state index contributed by atoms with van der Waals surface area (Å²) in [5, 5.41) is 0. The summed E-state index contributed by atoms with van der Waals surface area (Å²) >= 11 is 0. The average molecular weight is 322 g/mol. The number of halogens is 3. The molecule has 2 atom stereocenters. The minimum Gasteiger partial charge on any atom is -0.371 e. The number of rotatable bonds is 6. The molecule has 2 saturated heterocycles. The van der Waals surface area contributed by atoms with E-state index >= 15 is 0 Å². The van der Waals surface area contributed by atoms with Crippen LogP contribution in [0.2, 0.25) is 0 Å². The maximum absolute atomic E-state index is 12.1. The SMILES string of the molecule is CCC(=O)N1CCC[C@@H]1[C@H]1CCCN1CCOCC(F)(F)F. The largest absolute Gasteiger partial charge is 0.411 e. The summed E-state index contributed by atoms with van der Waals surface area (Å²) < 4.78 is 40.9. The highest BCUT2D eigenvalue weighted by Gasteiger charge is 2.39. The number of hydrogen-bond donors (Lipinski definition) is 0. The Labute approximate surface area is 129 Å². The molecule has 22 heavy (non-hydrogen) atoms. The van der Waals surface area contributed by atoms with Crippen LogP contribution in [0.5, 0.6) is 0 Å². The van der Waals surface area contributed by atoms with Crippen LogP contribution in [0.3, 0.4) is 0 Å². The van der Waals surface area contributed by atoms with Crippen molar-refractivity contribution in [2.75, 3.05) is 32.8 Å². The lowest BCUT2D eigenvalue weighted by molar-refractivity contribution is -0.174. The molecular weight excluding hydrogens is 297 g/mol. The first kappa shape index (κ1) is 17.5. The van der Waals surface area contributed by atoms with E-state index in [-0.39, 0.29) is 24.6 Å². The molecule has 0 aromatic rings. The quantitative estimate of drug-likeness (QED) is 0.704. The molecule has 0 radical (unpaired) electrons. The van der Waals surface area contributed by atoms with E-state index < -0.39 is 12.8 Å².